The Labute approximate surface area is 270 Å². The van der Waals surface area contributed by atoms with E-state index in [0.717, 1.165) is 42.5 Å². The van der Waals surface area contributed by atoms with E-state index in [1.54, 1.807) is 0 Å². The molecule has 0 aliphatic carbocycles. The van der Waals surface area contributed by atoms with Crippen LogP contribution in [0.25, 0.3) is 0 Å². The van der Waals surface area contributed by atoms with Gasteiger partial charge in [0.25, 0.3) is 5.69 Å². The molecular weight excluding hydrogens is 677 g/mol. The molecule has 3 aromatic carbocycles. The molecule has 48 heavy (non-hydrogen) atoms. The molecule has 19 heteroatoms. The standard InChI is InChI=1S/C15H12F2N4O3.C14H7ClF3NO5/c1-8(13-12(14(22)23)3-2-4-18-13)20-21-15(24)19-11-6-9(16)5-10(17)7-11;15-10-5-7(14(16,17)18)1-4-12(10)24-8-2-3-11(19(22)23)9(6-8)13(20)21/h2-7H,1H3,(H,22,23)(H2,19,21,24);1-6H,(H,20,21)/b20-8+;. The van der Waals surface area contributed by atoms with Crippen molar-refractivity contribution in [2.45, 2.75) is 13.1 Å². The van der Waals surface area contributed by atoms with Crippen molar-refractivity contribution in [2.75, 3.05) is 5.32 Å². The van der Waals surface area contributed by atoms with E-state index in [4.69, 9.17) is 26.6 Å². The Kier molecular flexibility index (Phi) is 11.7. The summed E-state index contributed by atoms with van der Waals surface area (Å²) in [5, 5.41) is 34.4. The van der Waals surface area contributed by atoms with Gasteiger partial charge in [0.05, 0.1) is 26.8 Å². The second kappa shape index (κ2) is 15.4. The molecule has 4 N–H and O–H groups in total. The van der Waals surface area contributed by atoms with Crippen molar-refractivity contribution in [3.63, 3.8) is 0 Å². The number of hydrogen-bond acceptors (Lipinski definition) is 8. The van der Waals surface area contributed by atoms with Gasteiger partial charge in [0.1, 0.15) is 34.4 Å². The quantitative estimate of drug-likeness (QED) is 0.0630. The van der Waals surface area contributed by atoms with Crippen LogP contribution in [-0.4, -0.2) is 43.8 Å². The van der Waals surface area contributed by atoms with Crippen LogP contribution in [-0.2, 0) is 6.18 Å². The van der Waals surface area contributed by atoms with Crippen LogP contribution in [0.3, 0.4) is 0 Å². The van der Waals surface area contributed by atoms with E-state index in [1.165, 1.54) is 25.3 Å². The Bertz CT molecular complexity index is 1900. The molecule has 4 rings (SSSR count). The topological polar surface area (TPSA) is 193 Å². The van der Waals surface area contributed by atoms with Crippen LogP contribution in [0.1, 0.15) is 38.9 Å². The first-order chi connectivity index (χ1) is 22.5. The molecule has 0 atom stereocenters. The minimum absolute atomic E-state index is 0.0758. The summed E-state index contributed by atoms with van der Waals surface area (Å²) in [5.41, 5.74) is -0.0912. The number of carbonyl (C=O) groups is 3. The van der Waals surface area contributed by atoms with Crippen molar-refractivity contribution in [1.82, 2.24) is 10.4 Å². The highest BCUT2D eigenvalue weighted by Gasteiger charge is 2.31. The van der Waals surface area contributed by atoms with Crippen molar-refractivity contribution < 1.29 is 56.2 Å². The summed E-state index contributed by atoms with van der Waals surface area (Å²) in [6, 6.07) is 9.74. The van der Waals surface area contributed by atoms with E-state index in [1.807, 2.05) is 0 Å². The van der Waals surface area contributed by atoms with Gasteiger partial charge in [-0.05, 0) is 55.5 Å². The number of nitro benzene ring substituents is 1. The first kappa shape index (κ1) is 36.3. The van der Waals surface area contributed by atoms with Gasteiger partial charge in [-0.2, -0.15) is 18.3 Å². The fourth-order valence-electron chi connectivity index (χ4n) is 3.63. The molecule has 0 aliphatic heterocycles. The van der Waals surface area contributed by atoms with Gasteiger partial charge >= 0.3 is 24.1 Å². The van der Waals surface area contributed by atoms with Gasteiger partial charge in [0.15, 0.2) is 0 Å². The van der Waals surface area contributed by atoms with Gasteiger partial charge in [-0.3, -0.25) is 15.1 Å². The van der Waals surface area contributed by atoms with Crippen molar-refractivity contribution in [1.29, 1.82) is 0 Å². The number of carboxylic acid groups (broad SMARTS) is 2. The van der Waals surface area contributed by atoms with Crippen molar-refractivity contribution in [3.8, 4) is 11.5 Å². The molecule has 13 nitrogen and oxygen atoms in total. The third-order valence-corrected chi connectivity index (χ3v) is 6.00. The zero-order valence-corrected chi connectivity index (χ0v) is 24.6. The largest absolute Gasteiger partial charge is 0.478 e. The number of ether oxygens (including phenoxy) is 1. The number of hydrogen-bond donors (Lipinski definition) is 4. The highest BCUT2D eigenvalue weighted by molar-refractivity contribution is 6.32. The minimum Gasteiger partial charge on any atom is -0.478 e. The number of nitro groups is 1. The number of benzene rings is 3. The molecule has 0 saturated heterocycles. The third-order valence-electron chi connectivity index (χ3n) is 5.71. The predicted molar refractivity (Wildman–Crippen MR) is 159 cm³/mol. The summed E-state index contributed by atoms with van der Waals surface area (Å²) in [7, 11) is 0. The van der Waals surface area contributed by atoms with Crippen LogP contribution >= 0.6 is 11.6 Å². The molecule has 4 aromatic rings. The number of anilines is 1. The molecule has 250 valence electrons. The number of alkyl halides is 3. The number of carbonyl (C=O) groups excluding carboxylic acids is 1. The molecule has 0 saturated carbocycles. The molecule has 1 aromatic heterocycles. The highest BCUT2D eigenvalue weighted by atomic mass is 35.5. The fourth-order valence-corrected chi connectivity index (χ4v) is 3.85. The SMILES string of the molecule is C/C(=N\NC(=O)Nc1cc(F)cc(F)c1)c1ncccc1C(=O)O.O=C(O)c1cc(Oc2ccc(C(F)(F)F)cc2Cl)ccc1[N+](=O)[O-]. The van der Waals surface area contributed by atoms with Crippen LogP contribution in [0.5, 0.6) is 11.5 Å². The van der Waals surface area contributed by atoms with E-state index in [9.17, 15) is 46.5 Å². The molecule has 0 aliphatic rings. The second-order valence-electron chi connectivity index (χ2n) is 9.11. The number of nitrogens with zero attached hydrogens (tertiary/aromatic N) is 3. The Hall–Kier alpha value is -6.17. The number of carboxylic acids is 2. The Morgan fingerprint density at radius 1 is 0.958 bits per heavy atom. The maximum atomic E-state index is 13.0. The van der Waals surface area contributed by atoms with E-state index in [-0.39, 0.29) is 39.2 Å². The number of aromatic nitrogens is 1. The first-order valence-electron chi connectivity index (χ1n) is 12.8. The molecular formula is C29H19ClF5N5O8. The van der Waals surface area contributed by atoms with E-state index < -0.39 is 57.5 Å². The normalized spacial score (nSPS) is 11.1. The van der Waals surface area contributed by atoms with Crippen LogP contribution in [0.2, 0.25) is 5.02 Å². The number of urea groups is 1. The van der Waals surface area contributed by atoms with Crippen LogP contribution < -0.4 is 15.5 Å². The van der Waals surface area contributed by atoms with Gasteiger partial charge in [-0.1, -0.05) is 11.6 Å². The number of hydrazone groups is 1. The zero-order chi connectivity index (χ0) is 35.8. The van der Waals surface area contributed by atoms with Crippen molar-refractivity contribution >= 4 is 46.7 Å². The summed E-state index contributed by atoms with van der Waals surface area (Å²) >= 11 is 5.72. The van der Waals surface area contributed by atoms with Crippen LogP contribution in [0, 0.1) is 21.7 Å². The summed E-state index contributed by atoms with van der Waals surface area (Å²) in [6.07, 6.45) is -3.19. The number of amides is 2. The number of halogens is 6. The monoisotopic (exact) mass is 695 g/mol. The zero-order valence-electron chi connectivity index (χ0n) is 23.9. The number of rotatable bonds is 8. The lowest BCUT2D eigenvalue weighted by atomic mass is 10.1. The lowest BCUT2D eigenvalue weighted by Gasteiger charge is -2.11. The van der Waals surface area contributed by atoms with Crippen molar-refractivity contribution in [3.05, 3.63) is 122 Å². The molecule has 0 bridgehead atoms. The molecule has 0 fully saturated rings. The minimum atomic E-state index is -4.58. The van der Waals surface area contributed by atoms with Gasteiger partial charge in [0, 0.05) is 30.1 Å². The molecule has 2 amide bonds. The number of aromatic carboxylic acids is 2. The molecule has 1 heterocycles. The Balaban J connectivity index is 0.000000260. The van der Waals surface area contributed by atoms with E-state index in [2.05, 4.69) is 20.8 Å². The van der Waals surface area contributed by atoms with E-state index >= 15 is 0 Å². The fraction of sp³-hybridized carbons (Fsp3) is 0.0690. The lowest BCUT2D eigenvalue weighted by Crippen LogP contribution is -2.26. The maximum Gasteiger partial charge on any atom is 0.416 e. The summed E-state index contributed by atoms with van der Waals surface area (Å²) in [4.78, 5) is 47.6. The van der Waals surface area contributed by atoms with Gasteiger partial charge < -0.3 is 20.3 Å². The average molecular weight is 696 g/mol. The second-order valence-corrected chi connectivity index (χ2v) is 9.52. The molecule has 0 radical (unpaired) electrons. The van der Waals surface area contributed by atoms with E-state index in [0.29, 0.717) is 12.1 Å². The van der Waals surface area contributed by atoms with Gasteiger partial charge in [-0.15, -0.1) is 0 Å². The van der Waals surface area contributed by atoms with Gasteiger partial charge in [-0.25, -0.2) is 28.6 Å². The predicted octanol–water partition coefficient (Wildman–Crippen LogP) is 7.36. The average Bonchev–Trinajstić information content (AvgIpc) is 3.00. The van der Waals surface area contributed by atoms with Gasteiger partial charge in [0.2, 0.25) is 0 Å². The Morgan fingerprint density at radius 3 is 2.17 bits per heavy atom. The lowest BCUT2D eigenvalue weighted by molar-refractivity contribution is -0.385. The smallest absolute Gasteiger partial charge is 0.416 e. The molecule has 0 unspecified atom stereocenters. The summed E-state index contributed by atoms with van der Waals surface area (Å²) in [5.74, 6) is -4.71. The first-order valence-corrected chi connectivity index (χ1v) is 13.2. The summed E-state index contributed by atoms with van der Waals surface area (Å²) in [6.45, 7) is 1.46. The summed E-state index contributed by atoms with van der Waals surface area (Å²) < 4.78 is 69.0. The maximum absolute atomic E-state index is 13.0. The van der Waals surface area contributed by atoms with Crippen LogP contribution in [0.4, 0.5) is 38.1 Å². The van der Waals surface area contributed by atoms with Crippen LogP contribution in [0.15, 0.2) is 78.0 Å². The highest BCUT2D eigenvalue weighted by Crippen LogP contribution is 2.37. The van der Waals surface area contributed by atoms with Crippen molar-refractivity contribution in [2.24, 2.45) is 5.10 Å². The number of pyridine rings is 1. The third kappa shape index (κ3) is 9.91. The number of nitrogens with one attached hydrogen (secondary N) is 2. The Morgan fingerprint density at radius 2 is 1.60 bits per heavy atom. The molecule has 0 spiro atoms.